The quantitative estimate of drug-likeness (QED) is 0.582. The van der Waals surface area contributed by atoms with Crippen LogP contribution in [0.15, 0.2) is 34.6 Å². The lowest BCUT2D eigenvalue weighted by Crippen LogP contribution is -2.36. The highest BCUT2D eigenvalue weighted by Gasteiger charge is 2.42. The third-order valence-corrected chi connectivity index (χ3v) is 5.87. The van der Waals surface area contributed by atoms with Crippen LogP contribution in [0.1, 0.15) is 38.3 Å². The van der Waals surface area contributed by atoms with Crippen LogP contribution >= 0.6 is 11.8 Å². The molecular weight excluding hydrogens is 414 g/mol. The number of nitrogens with one attached hydrogen (secondary N) is 1. The van der Waals surface area contributed by atoms with Crippen molar-refractivity contribution >= 4 is 29.5 Å². The first kappa shape index (κ1) is 20.5. The van der Waals surface area contributed by atoms with Crippen molar-refractivity contribution in [1.29, 1.82) is 0 Å². The molecule has 0 spiro atoms. The van der Waals surface area contributed by atoms with Gasteiger partial charge in [-0.1, -0.05) is 25.6 Å². The lowest BCUT2D eigenvalue weighted by molar-refractivity contribution is -0.137. The van der Waals surface area contributed by atoms with E-state index < -0.39 is 23.6 Å². The first-order valence-corrected chi connectivity index (χ1v) is 10.3. The number of thioether (sulfide) groups is 1. The highest BCUT2D eigenvalue weighted by atomic mass is 32.2. The monoisotopic (exact) mass is 434 g/mol. The molecule has 0 fully saturated rings. The van der Waals surface area contributed by atoms with Gasteiger partial charge in [0.05, 0.1) is 12.9 Å². The summed E-state index contributed by atoms with van der Waals surface area (Å²) in [6, 6.07) is 2.36. The predicted molar refractivity (Wildman–Crippen MR) is 106 cm³/mol. The van der Waals surface area contributed by atoms with Crippen LogP contribution in [0.2, 0.25) is 0 Å². The third-order valence-electron chi connectivity index (χ3n) is 5.06. The molecule has 2 aliphatic rings. The van der Waals surface area contributed by atoms with E-state index in [9.17, 15) is 18.4 Å². The van der Waals surface area contributed by atoms with Crippen molar-refractivity contribution in [3.63, 3.8) is 0 Å². The first-order chi connectivity index (χ1) is 14.2. The molecule has 1 N–H and O–H groups in total. The van der Waals surface area contributed by atoms with Gasteiger partial charge in [0.1, 0.15) is 17.7 Å². The number of fused-ring (bicyclic) bond motifs is 1. The van der Waals surface area contributed by atoms with Gasteiger partial charge in [-0.05, 0) is 29.5 Å². The summed E-state index contributed by atoms with van der Waals surface area (Å²) < 4.78 is 34.1. The number of esters is 1. The molecule has 0 saturated heterocycles. The molecule has 2 aromatic rings. The number of benzene rings is 1. The van der Waals surface area contributed by atoms with E-state index in [1.54, 1.807) is 0 Å². The molecule has 0 radical (unpaired) electrons. The molecule has 0 bridgehead atoms. The highest BCUT2D eigenvalue weighted by molar-refractivity contribution is 7.99. The van der Waals surface area contributed by atoms with Gasteiger partial charge >= 0.3 is 5.97 Å². The van der Waals surface area contributed by atoms with Crippen LogP contribution in [0.5, 0.6) is 0 Å². The molecule has 30 heavy (non-hydrogen) atoms. The molecule has 158 valence electrons. The number of rotatable bonds is 4. The molecule has 1 aliphatic heterocycles. The summed E-state index contributed by atoms with van der Waals surface area (Å²) >= 11 is 1.07. The number of hydrogen-bond acceptors (Lipinski definition) is 7. The second-order valence-corrected chi connectivity index (χ2v) is 9.03. The second-order valence-electron chi connectivity index (χ2n) is 8.09. The lowest BCUT2D eigenvalue weighted by Gasteiger charge is -2.38. The number of hydrogen-bond donors (Lipinski definition) is 1. The van der Waals surface area contributed by atoms with Gasteiger partial charge in [-0.25, -0.2) is 13.5 Å². The van der Waals surface area contributed by atoms with Crippen LogP contribution in [0.4, 0.5) is 14.7 Å². The Kier molecular flexibility index (Phi) is 5.13. The maximum absolute atomic E-state index is 14.0. The van der Waals surface area contributed by atoms with Crippen molar-refractivity contribution in [3.05, 3.63) is 46.7 Å². The van der Waals surface area contributed by atoms with Gasteiger partial charge in [-0.2, -0.15) is 4.98 Å². The Morgan fingerprint density at radius 3 is 2.67 bits per heavy atom. The van der Waals surface area contributed by atoms with E-state index in [4.69, 9.17) is 0 Å². The topological polar surface area (TPSA) is 86.1 Å². The van der Waals surface area contributed by atoms with Crippen molar-refractivity contribution in [3.8, 4) is 0 Å². The Labute approximate surface area is 175 Å². The van der Waals surface area contributed by atoms with E-state index in [1.807, 2.05) is 13.8 Å². The maximum atomic E-state index is 14.0. The fraction of sp³-hybridized carbons (Fsp3) is 0.400. The van der Waals surface area contributed by atoms with E-state index in [1.165, 1.54) is 23.9 Å². The van der Waals surface area contributed by atoms with Gasteiger partial charge in [-0.3, -0.25) is 9.59 Å². The molecule has 0 unspecified atom stereocenters. The zero-order chi connectivity index (χ0) is 21.6. The molecule has 1 aromatic heterocycles. The predicted octanol–water partition coefficient (Wildman–Crippen LogP) is 3.48. The molecular formula is C20H20F2N4O3S. The molecule has 0 amide bonds. The van der Waals surface area contributed by atoms with Crippen molar-refractivity contribution in [2.24, 2.45) is 5.41 Å². The minimum atomic E-state index is -0.815. The van der Waals surface area contributed by atoms with Gasteiger partial charge in [-0.15, -0.1) is 5.10 Å². The molecule has 1 atom stereocenters. The second kappa shape index (κ2) is 7.50. The number of ketones is 1. The number of ether oxygens (including phenoxy) is 1. The summed E-state index contributed by atoms with van der Waals surface area (Å²) in [5.74, 6) is -1.65. The van der Waals surface area contributed by atoms with Crippen LogP contribution in [0.25, 0.3) is 0 Å². The molecule has 10 heteroatoms. The van der Waals surface area contributed by atoms with Gasteiger partial charge < -0.3 is 10.1 Å². The summed E-state index contributed by atoms with van der Waals surface area (Å²) in [4.78, 5) is 28.9. The Morgan fingerprint density at radius 1 is 1.30 bits per heavy atom. The van der Waals surface area contributed by atoms with Crippen LogP contribution in [0.3, 0.4) is 0 Å². The zero-order valence-corrected chi connectivity index (χ0v) is 17.5. The minimum Gasteiger partial charge on any atom is -0.468 e. The number of carbonyl (C=O) groups excluding carboxylic acids is 2. The smallest absolute Gasteiger partial charge is 0.316 e. The number of carbonyl (C=O) groups is 2. The fourth-order valence-corrected chi connectivity index (χ4v) is 4.54. The van der Waals surface area contributed by atoms with Crippen molar-refractivity contribution in [1.82, 2.24) is 14.8 Å². The average Bonchev–Trinajstić information content (AvgIpc) is 3.04. The average molecular weight is 434 g/mol. The summed E-state index contributed by atoms with van der Waals surface area (Å²) in [6.07, 6.45) is 0.898. The van der Waals surface area contributed by atoms with Gasteiger partial charge in [0.2, 0.25) is 11.1 Å². The molecule has 0 saturated carbocycles. The van der Waals surface area contributed by atoms with Crippen LogP contribution in [0, 0.1) is 17.0 Å². The molecule has 1 aromatic carbocycles. The highest BCUT2D eigenvalue weighted by Crippen LogP contribution is 2.45. The van der Waals surface area contributed by atoms with Crippen molar-refractivity contribution in [2.45, 2.75) is 37.9 Å². The van der Waals surface area contributed by atoms with E-state index in [2.05, 4.69) is 20.1 Å². The van der Waals surface area contributed by atoms with Crippen LogP contribution in [-0.4, -0.2) is 39.4 Å². The standard InChI is InChI=1S/C20H20F2N4O3S/c1-20(2)7-13-16(14(27)8-20)17(10-4-11(21)6-12(22)5-10)26-18(23-13)24-19(25-26)30-9-15(28)29-3/h4-6,17H,7-9H2,1-3H3,(H,23,24,25)/t17-/m1/s1. The third kappa shape index (κ3) is 3.83. The number of aromatic nitrogens is 3. The zero-order valence-electron chi connectivity index (χ0n) is 16.7. The molecule has 7 nitrogen and oxygen atoms in total. The normalized spacial score (nSPS) is 19.8. The Morgan fingerprint density at radius 2 is 2.00 bits per heavy atom. The van der Waals surface area contributed by atoms with E-state index in [0.29, 0.717) is 30.1 Å². The minimum absolute atomic E-state index is 0.0122. The number of halogens is 2. The van der Waals surface area contributed by atoms with Gasteiger partial charge in [0.15, 0.2) is 5.78 Å². The summed E-state index contributed by atoms with van der Waals surface area (Å²) in [5, 5.41) is 7.86. The summed E-state index contributed by atoms with van der Waals surface area (Å²) in [5.41, 5.74) is 1.12. The van der Waals surface area contributed by atoms with Gasteiger partial charge in [0, 0.05) is 23.8 Å². The Bertz CT molecular complexity index is 1060. The number of Topliss-reactive ketones (excluding diaryl/α,β-unsaturated/α-hetero) is 1. The SMILES string of the molecule is COC(=O)CSc1nc2n(n1)[C@H](c1cc(F)cc(F)c1)C1=C(CC(C)(C)CC1=O)N2. The number of methoxy groups -OCH3 is 1. The van der Waals surface area contributed by atoms with Crippen LogP contribution in [-0.2, 0) is 14.3 Å². The van der Waals surface area contributed by atoms with E-state index >= 15 is 0 Å². The summed E-state index contributed by atoms with van der Waals surface area (Å²) in [7, 11) is 1.29. The van der Waals surface area contributed by atoms with Crippen molar-refractivity contribution < 1.29 is 23.1 Å². The lowest BCUT2D eigenvalue weighted by atomic mass is 9.73. The fourth-order valence-electron chi connectivity index (χ4n) is 3.87. The van der Waals surface area contributed by atoms with Gasteiger partial charge in [0.25, 0.3) is 0 Å². The van der Waals surface area contributed by atoms with Crippen LogP contribution < -0.4 is 5.32 Å². The maximum Gasteiger partial charge on any atom is 0.316 e. The number of allylic oxidation sites excluding steroid dienone is 2. The van der Waals surface area contributed by atoms with Crippen molar-refractivity contribution in [2.75, 3.05) is 18.2 Å². The molecule has 2 heterocycles. The number of nitrogens with zero attached hydrogens (tertiary/aromatic N) is 3. The Balaban J connectivity index is 1.81. The molecule has 1 aliphatic carbocycles. The first-order valence-electron chi connectivity index (χ1n) is 9.32. The largest absolute Gasteiger partial charge is 0.468 e. The molecule has 4 rings (SSSR count). The van der Waals surface area contributed by atoms with E-state index in [-0.39, 0.29) is 27.7 Å². The Hall–Kier alpha value is -2.75. The summed E-state index contributed by atoms with van der Waals surface area (Å²) in [6.45, 7) is 3.98. The number of anilines is 1. The van der Waals surface area contributed by atoms with E-state index in [0.717, 1.165) is 17.8 Å².